The summed E-state index contributed by atoms with van der Waals surface area (Å²) in [4.78, 5) is 23.2. The lowest BCUT2D eigenvalue weighted by molar-refractivity contribution is -0.138. The van der Waals surface area contributed by atoms with E-state index in [4.69, 9.17) is 11.6 Å². The minimum atomic E-state index is -0.825. The molecule has 0 fully saturated rings. The molecule has 0 radical (unpaired) electrons. The minimum absolute atomic E-state index is 0.176. The molecule has 0 aliphatic rings. The second-order valence-electron chi connectivity index (χ2n) is 4.46. The fourth-order valence-electron chi connectivity index (χ4n) is 1.82. The lowest BCUT2D eigenvalue weighted by Gasteiger charge is -2.13. The highest BCUT2D eigenvalue weighted by Gasteiger charge is 2.16. The number of carbonyl (C=O) groups is 2. The SMILES string of the molecule is COC(=O)/C=C(/Nc1cc(F)ccc1-n1cc(Cl)cn1)C(=O)OC. The summed E-state index contributed by atoms with van der Waals surface area (Å²) in [6.45, 7) is 0. The summed E-state index contributed by atoms with van der Waals surface area (Å²) in [7, 11) is 2.31. The van der Waals surface area contributed by atoms with Crippen LogP contribution in [-0.2, 0) is 19.1 Å². The Morgan fingerprint density at radius 2 is 2.08 bits per heavy atom. The number of halogens is 2. The molecule has 7 nitrogen and oxygen atoms in total. The van der Waals surface area contributed by atoms with Gasteiger partial charge in [0, 0.05) is 6.20 Å². The maximum atomic E-state index is 13.6. The van der Waals surface area contributed by atoms with Crippen LogP contribution in [0, 0.1) is 5.82 Å². The summed E-state index contributed by atoms with van der Waals surface area (Å²) in [6, 6.07) is 3.80. The summed E-state index contributed by atoms with van der Waals surface area (Å²) in [5.74, 6) is -2.15. The first kappa shape index (κ1) is 17.5. The standard InChI is InChI=1S/C15H13ClFN3O4/c1-23-14(21)6-12(15(22)24-2)19-11-5-10(17)3-4-13(11)20-8-9(16)7-18-20/h3-8,19H,1-2H3/b12-6+. The van der Waals surface area contributed by atoms with Gasteiger partial charge in [0.2, 0.25) is 0 Å². The summed E-state index contributed by atoms with van der Waals surface area (Å²) < 4.78 is 24.1. The van der Waals surface area contributed by atoms with Crippen molar-refractivity contribution in [3.05, 3.63) is 53.2 Å². The van der Waals surface area contributed by atoms with Gasteiger partial charge in [-0.25, -0.2) is 18.7 Å². The summed E-state index contributed by atoms with van der Waals surface area (Å²) in [6.07, 6.45) is 3.80. The lowest BCUT2D eigenvalue weighted by atomic mass is 10.2. The van der Waals surface area contributed by atoms with E-state index in [1.54, 1.807) is 0 Å². The molecule has 2 rings (SSSR count). The van der Waals surface area contributed by atoms with Crippen molar-refractivity contribution in [2.45, 2.75) is 0 Å². The topological polar surface area (TPSA) is 82.5 Å². The van der Waals surface area contributed by atoms with Crippen LogP contribution in [0.15, 0.2) is 42.4 Å². The average molecular weight is 354 g/mol. The highest BCUT2D eigenvalue weighted by molar-refractivity contribution is 6.30. The van der Waals surface area contributed by atoms with Gasteiger partial charge in [-0.2, -0.15) is 5.10 Å². The molecular weight excluding hydrogens is 341 g/mol. The number of nitrogens with zero attached hydrogens (tertiary/aromatic N) is 2. The Morgan fingerprint density at radius 1 is 1.33 bits per heavy atom. The first-order chi connectivity index (χ1) is 11.4. The van der Waals surface area contributed by atoms with Gasteiger partial charge in [0.15, 0.2) is 0 Å². The third-order valence-corrected chi connectivity index (χ3v) is 3.09. The van der Waals surface area contributed by atoms with E-state index in [1.165, 1.54) is 29.2 Å². The Labute approximate surface area is 141 Å². The molecule has 1 aromatic carbocycles. The molecule has 2 aromatic rings. The van der Waals surface area contributed by atoms with E-state index in [1.807, 2.05) is 0 Å². The number of anilines is 1. The first-order valence-corrected chi connectivity index (χ1v) is 6.97. The van der Waals surface area contributed by atoms with Crippen LogP contribution >= 0.6 is 11.6 Å². The van der Waals surface area contributed by atoms with Crippen molar-refractivity contribution in [3.8, 4) is 5.69 Å². The Bertz CT molecular complexity index is 804. The number of benzene rings is 1. The van der Waals surface area contributed by atoms with Crippen molar-refractivity contribution in [2.24, 2.45) is 0 Å². The zero-order chi connectivity index (χ0) is 17.7. The Hall–Kier alpha value is -2.87. The zero-order valence-electron chi connectivity index (χ0n) is 12.7. The molecule has 0 aliphatic carbocycles. The Balaban J connectivity index is 2.46. The fourth-order valence-corrected chi connectivity index (χ4v) is 1.95. The van der Waals surface area contributed by atoms with Gasteiger partial charge in [-0.05, 0) is 18.2 Å². The third-order valence-electron chi connectivity index (χ3n) is 2.89. The van der Waals surface area contributed by atoms with Crippen molar-refractivity contribution < 1.29 is 23.5 Å². The highest BCUT2D eigenvalue weighted by Crippen LogP contribution is 2.24. The molecule has 24 heavy (non-hydrogen) atoms. The second-order valence-corrected chi connectivity index (χ2v) is 4.90. The number of aromatic nitrogens is 2. The predicted molar refractivity (Wildman–Crippen MR) is 84.3 cm³/mol. The summed E-state index contributed by atoms with van der Waals surface area (Å²) in [5.41, 5.74) is 0.354. The molecule has 1 heterocycles. The number of nitrogens with one attached hydrogen (secondary N) is 1. The monoisotopic (exact) mass is 353 g/mol. The quantitative estimate of drug-likeness (QED) is 0.656. The van der Waals surface area contributed by atoms with E-state index >= 15 is 0 Å². The van der Waals surface area contributed by atoms with Gasteiger partial charge >= 0.3 is 11.9 Å². The molecule has 1 aromatic heterocycles. The average Bonchev–Trinajstić information content (AvgIpc) is 2.99. The number of rotatable bonds is 5. The van der Waals surface area contributed by atoms with Gasteiger partial charge < -0.3 is 14.8 Å². The van der Waals surface area contributed by atoms with Crippen LogP contribution in [-0.4, -0.2) is 35.9 Å². The number of esters is 2. The first-order valence-electron chi connectivity index (χ1n) is 6.59. The van der Waals surface area contributed by atoms with E-state index in [-0.39, 0.29) is 11.4 Å². The van der Waals surface area contributed by atoms with Crippen molar-refractivity contribution in [3.63, 3.8) is 0 Å². The van der Waals surface area contributed by atoms with Crippen LogP contribution < -0.4 is 5.32 Å². The van der Waals surface area contributed by atoms with Crippen molar-refractivity contribution in [2.75, 3.05) is 19.5 Å². The minimum Gasteiger partial charge on any atom is -0.466 e. The van der Waals surface area contributed by atoms with E-state index in [9.17, 15) is 14.0 Å². The molecule has 1 N–H and O–H groups in total. The van der Waals surface area contributed by atoms with E-state index in [0.29, 0.717) is 10.7 Å². The molecule has 0 unspecified atom stereocenters. The van der Waals surface area contributed by atoms with Crippen molar-refractivity contribution in [1.29, 1.82) is 0 Å². The van der Waals surface area contributed by atoms with Crippen LogP contribution in [0.1, 0.15) is 0 Å². The van der Waals surface area contributed by atoms with E-state index in [2.05, 4.69) is 19.9 Å². The van der Waals surface area contributed by atoms with Gasteiger partial charge in [0.05, 0.1) is 42.9 Å². The zero-order valence-corrected chi connectivity index (χ0v) is 13.5. The van der Waals surface area contributed by atoms with Crippen molar-refractivity contribution in [1.82, 2.24) is 9.78 Å². The Kier molecular flexibility index (Phi) is 5.54. The largest absolute Gasteiger partial charge is 0.466 e. The van der Waals surface area contributed by atoms with Gasteiger partial charge in [-0.15, -0.1) is 0 Å². The molecule has 9 heteroatoms. The number of methoxy groups -OCH3 is 2. The fraction of sp³-hybridized carbons (Fsp3) is 0.133. The predicted octanol–water partition coefficient (Wildman–Crippen LogP) is 2.31. The number of hydrogen-bond acceptors (Lipinski definition) is 6. The van der Waals surface area contributed by atoms with Gasteiger partial charge in [0.1, 0.15) is 11.5 Å². The molecule has 0 saturated carbocycles. The van der Waals surface area contributed by atoms with Gasteiger partial charge in [-0.3, -0.25) is 0 Å². The number of hydrogen-bond donors (Lipinski definition) is 1. The molecule has 0 bridgehead atoms. The number of ether oxygens (including phenoxy) is 2. The van der Waals surface area contributed by atoms with Crippen LogP contribution in [0.25, 0.3) is 5.69 Å². The van der Waals surface area contributed by atoms with E-state index in [0.717, 1.165) is 26.4 Å². The normalized spacial score (nSPS) is 11.1. The molecule has 0 amide bonds. The summed E-state index contributed by atoms with van der Waals surface area (Å²) >= 11 is 5.84. The van der Waals surface area contributed by atoms with Crippen LogP contribution in [0.2, 0.25) is 5.02 Å². The van der Waals surface area contributed by atoms with Crippen LogP contribution in [0.3, 0.4) is 0 Å². The molecule has 126 valence electrons. The van der Waals surface area contributed by atoms with Crippen LogP contribution in [0.5, 0.6) is 0 Å². The van der Waals surface area contributed by atoms with Crippen molar-refractivity contribution >= 4 is 29.2 Å². The molecule has 0 aliphatic heterocycles. The summed E-state index contributed by atoms with van der Waals surface area (Å²) in [5, 5.41) is 7.05. The highest BCUT2D eigenvalue weighted by atomic mass is 35.5. The van der Waals surface area contributed by atoms with Crippen LogP contribution in [0.4, 0.5) is 10.1 Å². The van der Waals surface area contributed by atoms with E-state index < -0.39 is 17.8 Å². The molecular formula is C15H13ClFN3O4. The maximum Gasteiger partial charge on any atom is 0.354 e. The van der Waals surface area contributed by atoms with Gasteiger partial charge in [0.25, 0.3) is 0 Å². The smallest absolute Gasteiger partial charge is 0.354 e. The second kappa shape index (κ2) is 7.60. The molecule has 0 spiro atoms. The Morgan fingerprint density at radius 3 is 2.67 bits per heavy atom. The molecule has 0 atom stereocenters. The molecule has 0 saturated heterocycles. The number of carbonyl (C=O) groups excluding carboxylic acids is 2. The van der Waals surface area contributed by atoms with Gasteiger partial charge in [-0.1, -0.05) is 11.6 Å². The lowest BCUT2D eigenvalue weighted by Crippen LogP contribution is -2.16. The third kappa shape index (κ3) is 4.11. The maximum absolute atomic E-state index is 13.6.